The number of benzene rings is 3. The molecule has 0 saturated heterocycles. The van der Waals surface area contributed by atoms with Gasteiger partial charge in [0.15, 0.2) is 0 Å². The number of aryl methyl sites for hydroxylation is 2. The first kappa shape index (κ1) is 29.4. The number of amides is 1. The third-order valence-electron chi connectivity index (χ3n) is 7.48. The Morgan fingerprint density at radius 1 is 1.02 bits per heavy atom. The summed E-state index contributed by atoms with van der Waals surface area (Å²) >= 11 is 0. The molecule has 3 aromatic carbocycles. The zero-order valence-corrected chi connectivity index (χ0v) is 24.8. The summed E-state index contributed by atoms with van der Waals surface area (Å²) in [6.45, 7) is 14.1. The molecule has 1 heterocycles. The van der Waals surface area contributed by atoms with Gasteiger partial charge in [0, 0.05) is 36.2 Å². The molecule has 0 aliphatic heterocycles. The Morgan fingerprint density at radius 3 is 2.34 bits per heavy atom. The van der Waals surface area contributed by atoms with Crippen molar-refractivity contribution in [3.8, 4) is 23.2 Å². The summed E-state index contributed by atoms with van der Waals surface area (Å²) in [5.74, 6) is 0.715. The number of aliphatic imine (C=N–C) groups is 1. The number of H-pyrrole nitrogens is 1. The van der Waals surface area contributed by atoms with E-state index in [2.05, 4.69) is 65.5 Å². The third-order valence-corrected chi connectivity index (χ3v) is 7.48. The van der Waals surface area contributed by atoms with Crippen LogP contribution in [-0.2, 0) is 16.6 Å². The minimum absolute atomic E-state index is 0.116. The lowest BCUT2D eigenvalue weighted by Gasteiger charge is -2.31. The van der Waals surface area contributed by atoms with Crippen molar-refractivity contribution in [2.45, 2.75) is 53.4 Å². The summed E-state index contributed by atoms with van der Waals surface area (Å²) < 4.78 is 5.81. The summed E-state index contributed by atoms with van der Waals surface area (Å²) in [7, 11) is 0. The predicted octanol–water partition coefficient (Wildman–Crippen LogP) is 6.65. The first-order valence-corrected chi connectivity index (χ1v) is 14.1. The Balaban J connectivity index is 1.73. The number of hydrogen-bond acceptors (Lipinski definition) is 4. The van der Waals surface area contributed by atoms with Crippen LogP contribution >= 0.6 is 0 Å². The fraction of sp³-hybridized carbons (Fsp3) is 0.324. The third kappa shape index (κ3) is 6.60. The molecule has 4 aromatic rings. The van der Waals surface area contributed by atoms with Gasteiger partial charge in [0.1, 0.15) is 5.75 Å². The molecule has 0 saturated carbocycles. The number of rotatable bonds is 9. The number of para-hydroxylation sites is 1. The van der Waals surface area contributed by atoms with Crippen molar-refractivity contribution in [3.63, 3.8) is 0 Å². The van der Waals surface area contributed by atoms with Crippen molar-refractivity contribution in [1.82, 2.24) is 15.2 Å². The number of fused-ring (bicyclic) bond motifs is 1. The van der Waals surface area contributed by atoms with Crippen molar-refractivity contribution in [2.24, 2.45) is 4.99 Å². The van der Waals surface area contributed by atoms with Crippen LogP contribution in [0.25, 0.3) is 22.2 Å². The highest BCUT2D eigenvalue weighted by atomic mass is 16.5. The topological polar surface area (TPSA) is 93.5 Å². The molecule has 0 bridgehead atoms. The molecular formula is C34H39N5O2. The number of nitrogens with zero attached hydrogens (tertiary/aromatic N) is 3. The van der Waals surface area contributed by atoms with Gasteiger partial charge in [-0.3, -0.25) is 4.79 Å². The second-order valence-corrected chi connectivity index (χ2v) is 10.8. The number of nitrogens with one attached hydrogen (secondary N) is 2. The Bertz CT molecular complexity index is 1570. The lowest BCUT2D eigenvalue weighted by Crippen LogP contribution is -2.43. The van der Waals surface area contributed by atoms with Crippen LogP contribution in [0.5, 0.6) is 5.75 Å². The lowest BCUT2D eigenvalue weighted by molar-refractivity contribution is -0.135. The monoisotopic (exact) mass is 549 g/mol. The highest BCUT2D eigenvalue weighted by Gasteiger charge is 2.33. The van der Waals surface area contributed by atoms with Crippen LogP contribution in [0.2, 0.25) is 0 Å². The van der Waals surface area contributed by atoms with Crippen LogP contribution < -0.4 is 10.1 Å². The molecule has 0 unspecified atom stereocenters. The molecule has 0 fully saturated rings. The average Bonchev–Trinajstić information content (AvgIpc) is 3.31. The van der Waals surface area contributed by atoms with E-state index in [0.717, 1.165) is 33.3 Å². The molecule has 1 amide bonds. The van der Waals surface area contributed by atoms with Crippen LogP contribution in [0, 0.1) is 25.3 Å². The number of amidine groups is 1. The largest absolute Gasteiger partial charge is 0.425 e. The van der Waals surface area contributed by atoms with Gasteiger partial charge < -0.3 is 19.9 Å². The molecule has 7 nitrogen and oxygen atoms in total. The molecule has 0 aliphatic carbocycles. The minimum Gasteiger partial charge on any atom is -0.425 e. The molecule has 0 radical (unpaired) electrons. The Kier molecular flexibility index (Phi) is 9.14. The van der Waals surface area contributed by atoms with Crippen molar-refractivity contribution in [3.05, 3.63) is 89.0 Å². The molecule has 212 valence electrons. The SMILES string of the molecule is CCN(CC)C(=O)C(C)(C)c1ccc2[nH]c(-c3cc(C)cc(C)c3)c(CCN/C(=N/C#N)Oc3ccccc3)c2c1. The van der Waals surface area contributed by atoms with Gasteiger partial charge in [-0.05, 0) is 101 Å². The molecule has 2 N–H and O–H groups in total. The van der Waals surface area contributed by atoms with E-state index in [0.29, 0.717) is 31.8 Å². The van der Waals surface area contributed by atoms with E-state index >= 15 is 0 Å². The number of aromatic amines is 1. The maximum atomic E-state index is 13.5. The van der Waals surface area contributed by atoms with Crippen LogP contribution in [0.15, 0.2) is 71.7 Å². The number of aromatic nitrogens is 1. The van der Waals surface area contributed by atoms with E-state index < -0.39 is 5.41 Å². The van der Waals surface area contributed by atoms with Crippen molar-refractivity contribution in [2.75, 3.05) is 19.6 Å². The fourth-order valence-corrected chi connectivity index (χ4v) is 5.33. The normalized spacial score (nSPS) is 11.8. The van der Waals surface area contributed by atoms with Crippen molar-refractivity contribution < 1.29 is 9.53 Å². The maximum absolute atomic E-state index is 13.5. The van der Waals surface area contributed by atoms with E-state index in [1.807, 2.05) is 69.1 Å². The quantitative estimate of drug-likeness (QED) is 0.139. The fourth-order valence-electron chi connectivity index (χ4n) is 5.33. The Morgan fingerprint density at radius 2 is 1.71 bits per heavy atom. The first-order chi connectivity index (χ1) is 19.7. The van der Waals surface area contributed by atoms with Gasteiger partial charge in [-0.25, -0.2) is 0 Å². The van der Waals surface area contributed by atoms with E-state index in [1.165, 1.54) is 11.1 Å². The van der Waals surface area contributed by atoms with Crippen LogP contribution in [0.3, 0.4) is 0 Å². The van der Waals surface area contributed by atoms with Gasteiger partial charge in [-0.1, -0.05) is 41.5 Å². The number of ether oxygens (including phenoxy) is 1. The van der Waals surface area contributed by atoms with Gasteiger partial charge in [-0.2, -0.15) is 5.26 Å². The van der Waals surface area contributed by atoms with Gasteiger partial charge in [0.25, 0.3) is 0 Å². The standard InChI is InChI=1S/C34H39N5O2/c1-7-39(8-2)32(40)34(5,6)26-14-15-30-29(21-26)28(31(38-30)25-19-23(3)18-24(4)20-25)16-17-36-33(37-22-35)41-27-12-10-9-11-13-27/h9-15,18-21,38H,7-8,16-17H2,1-6H3,(H,36,37). The van der Waals surface area contributed by atoms with Gasteiger partial charge in [0.05, 0.1) is 5.41 Å². The minimum atomic E-state index is -0.677. The Labute approximate surface area is 242 Å². The van der Waals surface area contributed by atoms with Crippen LogP contribution in [0.1, 0.15) is 49.9 Å². The highest BCUT2D eigenvalue weighted by molar-refractivity contribution is 5.94. The predicted molar refractivity (Wildman–Crippen MR) is 166 cm³/mol. The number of likely N-dealkylation sites (N-methyl/N-ethyl adjacent to an activating group) is 1. The summed E-state index contributed by atoms with van der Waals surface area (Å²) in [5, 5.41) is 13.5. The van der Waals surface area contributed by atoms with E-state index in [1.54, 1.807) is 0 Å². The summed E-state index contributed by atoms with van der Waals surface area (Å²) in [5.41, 5.74) is 6.96. The zero-order chi connectivity index (χ0) is 29.6. The highest BCUT2D eigenvalue weighted by Crippen LogP contribution is 2.35. The molecule has 0 atom stereocenters. The van der Waals surface area contributed by atoms with Crippen molar-refractivity contribution >= 4 is 22.8 Å². The average molecular weight is 550 g/mol. The Hall–Kier alpha value is -4.57. The van der Waals surface area contributed by atoms with E-state index in [4.69, 9.17) is 4.74 Å². The molecule has 4 rings (SSSR count). The van der Waals surface area contributed by atoms with E-state index in [9.17, 15) is 10.1 Å². The second kappa shape index (κ2) is 12.7. The van der Waals surface area contributed by atoms with Crippen LogP contribution in [0.4, 0.5) is 0 Å². The van der Waals surface area contributed by atoms with Crippen LogP contribution in [-0.4, -0.2) is 41.4 Å². The molecule has 0 spiro atoms. The zero-order valence-electron chi connectivity index (χ0n) is 24.8. The molecule has 41 heavy (non-hydrogen) atoms. The van der Waals surface area contributed by atoms with Crippen molar-refractivity contribution in [1.29, 1.82) is 5.26 Å². The first-order valence-electron chi connectivity index (χ1n) is 14.1. The smallest absolute Gasteiger partial charge is 0.305 e. The van der Waals surface area contributed by atoms with Gasteiger partial charge >= 0.3 is 6.02 Å². The number of nitriles is 1. The maximum Gasteiger partial charge on any atom is 0.305 e. The van der Waals surface area contributed by atoms with E-state index in [-0.39, 0.29) is 11.9 Å². The summed E-state index contributed by atoms with van der Waals surface area (Å²) in [4.78, 5) is 22.8. The second-order valence-electron chi connectivity index (χ2n) is 10.8. The number of carbonyl (C=O) groups is 1. The lowest BCUT2D eigenvalue weighted by atomic mass is 9.82. The molecule has 7 heteroatoms. The number of hydrogen-bond donors (Lipinski definition) is 2. The van der Waals surface area contributed by atoms with Gasteiger partial charge in [0.2, 0.25) is 12.1 Å². The molecule has 1 aromatic heterocycles. The number of carbonyl (C=O) groups excluding carboxylic acids is 1. The molecule has 0 aliphatic rings. The summed E-state index contributed by atoms with van der Waals surface area (Å²) in [6, 6.07) is 22.2. The summed E-state index contributed by atoms with van der Waals surface area (Å²) in [6.07, 6.45) is 2.46. The molecular weight excluding hydrogens is 510 g/mol. The van der Waals surface area contributed by atoms with Gasteiger partial charge in [-0.15, -0.1) is 4.99 Å².